The molecule has 0 fully saturated rings. The van der Waals surface area contributed by atoms with Gasteiger partial charge in [-0.2, -0.15) is 38.3 Å². The van der Waals surface area contributed by atoms with Crippen LogP contribution in [-0.2, 0) is 20.2 Å². The van der Waals surface area contributed by atoms with Crippen molar-refractivity contribution in [3.05, 3.63) is 118 Å². The fraction of sp³-hybridized carbons (Fsp3) is 0.0588. The molecule has 0 aliphatic heterocycles. The van der Waals surface area contributed by atoms with E-state index >= 15 is 0 Å². The molecule has 0 amide bonds. The molecule has 55 heavy (non-hydrogen) atoms. The molecule has 16 nitrogen and oxygen atoms in total. The monoisotopic (exact) mass is 846 g/mol. The van der Waals surface area contributed by atoms with Gasteiger partial charge in [0.25, 0.3) is 10.1 Å². The molecular formula is C34H29Cl2KN10O6S2. The third-order valence-electron chi connectivity index (χ3n) is 7.53. The Labute approximate surface area is 369 Å². The van der Waals surface area contributed by atoms with Gasteiger partial charge in [0.15, 0.2) is 0 Å². The predicted molar refractivity (Wildman–Crippen MR) is 213 cm³/mol. The fourth-order valence-corrected chi connectivity index (χ4v) is 6.69. The van der Waals surface area contributed by atoms with Crippen LogP contribution >= 0.6 is 23.2 Å². The fourth-order valence-electron chi connectivity index (χ4n) is 4.97. The number of nitrogens with one attached hydrogen (secondary N) is 4. The van der Waals surface area contributed by atoms with Gasteiger partial charge in [0.2, 0.25) is 34.4 Å². The molecular weight excluding hydrogens is 819 g/mol. The summed E-state index contributed by atoms with van der Waals surface area (Å²) in [4.78, 5) is 23.6. The second-order valence-electron chi connectivity index (χ2n) is 11.4. The predicted octanol–water partition coefficient (Wildman–Crippen LogP) is 6.74. The van der Waals surface area contributed by atoms with Crippen LogP contribution in [0.3, 0.4) is 0 Å². The van der Waals surface area contributed by atoms with Crippen LogP contribution in [0.5, 0.6) is 0 Å². The van der Waals surface area contributed by atoms with Gasteiger partial charge in [-0.3, -0.25) is 4.55 Å². The van der Waals surface area contributed by atoms with Crippen LogP contribution in [0.25, 0.3) is 12.2 Å². The van der Waals surface area contributed by atoms with Gasteiger partial charge in [-0.1, -0.05) is 60.7 Å². The van der Waals surface area contributed by atoms with E-state index in [1.807, 2.05) is 62.4 Å². The Kier molecular flexibility index (Phi) is 13.6. The van der Waals surface area contributed by atoms with Crippen LogP contribution in [0.4, 0.5) is 46.5 Å². The zero-order valence-corrected chi connectivity index (χ0v) is 31.1. The van der Waals surface area contributed by atoms with E-state index in [0.29, 0.717) is 0 Å². The third kappa shape index (κ3) is 11.2. The molecule has 0 saturated heterocycles. The molecule has 21 heteroatoms. The number of hydrogen-bond acceptors (Lipinski definition) is 15. The van der Waals surface area contributed by atoms with Gasteiger partial charge in [0.1, 0.15) is 15.0 Å². The van der Waals surface area contributed by atoms with E-state index < -0.39 is 30.0 Å². The van der Waals surface area contributed by atoms with Crippen molar-refractivity contribution in [2.75, 3.05) is 21.3 Å². The first kappa shape index (κ1) is 42.0. The van der Waals surface area contributed by atoms with Crippen molar-refractivity contribution in [3.8, 4) is 0 Å². The maximum atomic E-state index is 12.5. The Morgan fingerprint density at radius 2 is 0.982 bits per heavy atom. The van der Waals surface area contributed by atoms with Gasteiger partial charge in [-0.15, -0.1) is 0 Å². The molecule has 278 valence electrons. The molecule has 5 N–H and O–H groups in total. The molecule has 2 heterocycles. The number of aryl methyl sites for hydroxylation is 2. The molecule has 0 aliphatic rings. The van der Waals surface area contributed by atoms with E-state index in [2.05, 4.69) is 51.2 Å². The van der Waals surface area contributed by atoms with E-state index in [4.69, 9.17) is 23.2 Å². The zero-order chi connectivity index (χ0) is 38.6. The number of rotatable bonds is 12. The summed E-state index contributed by atoms with van der Waals surface area (Å²) in [6.07, 6.45) is 2.44. The summed E-state index contributed by atoms with van der Waals surface area (Å²) >= 11 is 12.2. The molecule has 0 radical (unpaired) electrons. The summed E-state index contributed by atoms with van der Waals surface area (Å²) < 4.78 is 72.1. The van der Waals surface area contributed by atoms with Crippen LogP contribution in [0.2, 0.25) is 10.6 Å². The van der Waals surface area contributed by atoms with Crippen molar-refractivity contribution in [3.63, 3.8) is 0 Å². The average Bonchev–Trinajstić information content (AvgIpc) is 3.09. The SMILES string of the molecule is Cc1ccccc1Nc1nc(Cl)nc(Nc2ccc(C=Cc3ccc(Nc4nc(Cl)nc(Nc5ccccc5C)n4)cc3S(=O)(=O)O)c(S(=O)(=O)[O-])c2)n1.[H+].[KH]. The first-order valence-electron chi connectivity index (χ1n) is 15.5. The standard InChI is InChI=1S/C34H28Cl2N10O6S2.K.H/c1-19-7-3-5-9-25(19)39-33-43-29(35)41-31(45-33)37-23-15-13-21(27(17-23)53(47,48)49)11-12-22-14-16-24(18-28(22)54(50,51)52)38-32-42-30(36)44-34(46-32)40-26-10-6-4-8-20(26)2;;/h3-18H,1-2H3,(H,47,48,49)(H,50,51,52)(H2,37,39,41,43,45)(H2,38,40,42,44,46);;. The van der Waals surface area contributed by atoms with Crippen molar-refractivity contribution in [1.82, 2.24) is 29.9 Å². The molecule has 0 spiro atoms. The molecule has 2 aromatic heterocycles. The minimum atomic E-state index is -5.07. The topological polar surface area (TPSA) is 237 Å². The molecule has 0 saturated carbocycles. The van der Waals surface area contributed by atoms with E-state index in [0.717, 1.165) is 34.6 Å². The Morgan fingerprint density at radius 1 is 0.600 bits per heavy atom. The maximum absolute atomic E-state index is 12.5. The van der Waals surface area contributed by atoms with Crippen molar-refractivity contribution in [2.45, 2.75) is 23.6 Å². The third-order valence-corrected chi connectivity index (χ3v) is 9.67. The van der Waals surface area contributed by atoms with Gasteiger partial charge in [-0.05, 0) is 95.7 Å². The summed E-state index contributed by atoms with van der Waals surface area (Å²) in [5, 5.41) is 11.4. The van der Waals surface area contributed by atoms with E-state index in [1.165, 1.54) is 36.4 Å². The van der Waals surface area contributed by atoms with Crippen LogP contribution in [0.15, 0.2) is 94.7 Å². The number of anilines is 8. The normalized spacial score (nSPS) is 11.5. The van der Waals surface area contributed by atoms with E-state index in [1.54, 1.807) is 0 Å². The molecule has 0 aliphatic carbocycles. The molecule has 6 aromatic rings. The Balaban J connectivity index is 0.00000348. The van der Waals surface area contributed by atoms with Crippen LogP contribution < -0.4 is 21.3 Å². The van der Waals surface area contributed by atoms with Crippen molar-refractivity contribution in [1.29, 1.82) is 0 Å². The summed E-state index contributed by atoms with van der Waals surface area (Å²) in [7, 11) is -9.90. The molecule has 6 rings (SSSR count). The van der Waals surface area contributed by atoms with Crippen LogP contribution in [0.1, 0.15) is 23.7 Å². The first-order valence-corrected chi connectivity index (χ1v) is 19.1. The number of aromatic nitrogens is 6. The average molecular weight is 848 g/mol. The number of hydrogen-bond donors (Lipinski definition) is 5. The first-order chi connectivity index (χ1) is 25.6. The molecule has 0 atom stereocenters. The van der Waals surface area contributed by atoms with Crippen molar-refractivity contribution < 1.29 is 27.4 Å². The van der Waals surface area contributed by atoms with E-state index in [9.17, 15) is 25.9 Å². The second kappa shape index (κ2) is 17.8. The minimum absolute atomic E-state index is 0. The summed E-state index contributed by atoms with van der Waals surface area (Å²) in [6, 6.07) is 22.5. The summed E-state index contributed by atoms with van der Waals surface area (Å²) in [5.41, 5.74) is 3.43. The van der Waals surface area contributed by atoms with Crippen molar-refractivity contribution in [2.24, 2.45) is 0 Å². The van der Waals surface area contributed by atoms with Gasteiger partial charge in [-0.25, -0.2) is 8.42 Å². The molecule has 0 bridgehead atoms. The Hall–Kier alpha value is -4.12. The van der Waals surface area contributed by atoms with Gasteiger partial charge >= 0.3 is 52.8 Å². The van der Waals surface area contributed by atoms with E-state index in [-0.39, 0.29) is 110 Å². The summed E-state index contributed by atoms with van der Waals surface area (Å²) in [6.45, 7) is 3.78. The van der Waals surface area contributed by atoms with Gasteiger partial charge in [0, 0.05) is 22.7 Å². The summed E-state index contributed by atoms with van der Waals surface area (Å²) in [5.74, 6) is 0.140. The second-order valence-corrected chi connectivity index (χ2v) is 14.8. The van der Waals surface area contributed by atoms with Gasteiger partial charge in [0.05, 0.1) is 4.90 Å². The Morgan fingerprint density at radius 3 is 1.38 bits per heavy atom. The van der Waals surface area contributed by atoms with Gasteiger partial charge < -0.3 is 25.8 Å². The molecule has 0 unspecified atom stereocenters. The molecule has 4 aromatic carbocycles. The van der Waals surface area contributed by atoms with Crippen LogP contribution in [0, 0.1) is 13.8 Å². The number of nitrogens with zero attached hydrogens (tertiary/aromatic N) is 6. The number of halogens is 2. The van der Waals surface area contributed by atoms with Crippen molar-refractivity contribution >= 4 is 154 Å². The zero-order valence-electron chi connectivity index (χ0n) is 29.0. The van der Waals surface area contributed by atoms with Crippen LogP contribution in [-0.4, -0.2) is 107 Å². The number of para-hydroxylation sites is 2. The quantitative estimate of drug-likeness (QED) is 0.0487. The Bertz CT molecular complexity index is 2480. The number of benzene rings is 4.